The normalized spacial score (nSPS) is 10.1. The fourth-order valence-corrected chi connectivity index (χ4v) is 2.61. The predicted octanol–water partition coefficient (Wildman–Crippen LogP) is 3.58. The van der Waals surface area contributed by atoms with Crippen molar-refractivity contribution in [3.05, 3.63) is 60.2 Å². The molecule has 150 valence electrons. The number of nitrogens with zero attached hydrogens (tertiary/aromatic N) is 1. The summed E-state index contributed by atoms with van der Waals surface area (Å²) >= 11 is 0. The lowest BCUT2D eigenvalue weighted by Gasteiger charge is -2.19. The van der Waals surface area contributed by atoms with E-state index in [9.17, 15) is 9.59 Å². The summed E-state index contributed by atoms with van der Waals surface area (Å²) < 4.78 is 4.54. The van der Waals surface area contributed by atoms with Gasteiger partial charge < -0.3 is 20.3 Å². The maximum Gasteiger partial charge on any atom is 0.411 e. The van der Waals surface area contributed by atoms with E-state index in [-0.39, 0.29) is 6.03 Å². The van der Waals surface area contributed by atoms with Gasteiger partial charge in [-0.25, -0.2) is 9.59 Å². The second-order valence-corrected chi connectivity index (χ2v) is 6.39. The second-order valence-electron chi connectivity index (χ2n) is 6.39. The number of anilines is 2. The highest BCUT2D eigenvalue weighted by Crippen LogP contribution is 2.11. The van der Waals surface area contributed by atoms with Crippen molar-refractivity contribution in [2.24, 2.45) is 0 Å². The first-order chi connectivity index (χ1) is 13.6. The van der Waals surface area contributed by atoms with Crippen LogP contribution >= 0.6 is 0 Å². The summed E-state index contributed by atoms with van der Waals surface area (Å²) in [5.74, 6) is 0. The van der Waals surface area contributed by atoms with E-state index in [1.807, 2.05) is 30.3 Å². The van der Waals surface area contributed by atoms with Crippen molar-refractivity contribution in [3.8, 4) is 0 Å². The minimum Gasteiger partial charge on any atom is -0.453 e. The number of methoxy groups -OCH3 is 1. The number of para-hydroxylation sites is 1. The molecule has 2 aromatic carbocycles. The smallest absolute Gasteiger partial charge is 0.411 e. The molecule has 2 aromatic rings. The van der Waals surface area contributed by atoms with E-state index >= 15 is 0 Å². The molecule has 7 heteroatoms. The number of nitrogens with one attached hydrogen (secondary N) is 3. The molecule has 0 aliphatic rings. The van der Waals surface area contributed by atoms with Gasteiger partial charge >= 0.3 is 12.1 Å². The van der Waals surface area contributed by atoms with Crippen molar-refractivity contribution < 1.29 is 14.3 Å². The number of unbranched alkanes of at least 4 members (excludes halogenated alkanes) is 1. The van der Waals surface area contributed by atoms with Crippen LogP contribution in [0, 0.1) is 0 Å². The first kappa shape index (κ1) is 21.1. The molecule has 3 amide bonds. The molecule has 0 atom stereocenters. The van der Waals surface area contributed by atoms with Crippen LogP contribution in [0.5, 0.6) is 0 Å². The number of hydrogen-bond acceptors (Lipinski definition) is 4. The summed E-state index contributed by atoms with van der Waals surface area (Å²) in [7, 11) is 3.38. The van der Waals surface area contributed by atoms with Crippen molar-refractivity contribution in [2.75, 3.05) is 37.5 Å². The third-order valence-electron chi connectivity index (χ3n) is 4.24. The molecule has 0 fully saturated rings. The van der Waals surface area contributed by atoms with Crippen LogP contribution < -0.4 is 20.9 Å². The quantitative estimate of drug-likeness (QED) is 0.577. The molecule has 0 saturated carbocycles. The summed E-state index contributed by atoms with van der Waals surface area (Å²) in [6.07, 6.45) is 1.40. The maximum atomic E-state index is 11.9. The maximum absolute atomic E-state index is 11.9. The third kappa shape index (κ3) is 7.57. The Kier molecular flexibility index (Phi) is 8.65. The molecule has 28 heavy (non-hydrogen) atoms. The van der Waals surface area contributed by atoms with Gasteiger partial charge in [0.15, 0.2) is 0 Å². The number of carbonyl (C=O) groups excluding carboxylic acids is 2. The van der Waals surface area contributed by atoms with E-state index in [1.54, 1.807) is 12.1 Å². The molecule has 0 aromatic heterocycles. The topological polar surface area (TPSA) is 82.7 Å². The molecule has 0 spiro atoms. The Morgan fingerprint density at radius 1 is 0.964 bits per heavy atom. The van der Waals surface area contributed by atoms with Gasteiger partial charge in [-0.05, 0) is 42.7 Å². The molecule has 0 unspecified atom stereocenters. The zero-order chi connectivity index (χ0) is 20.2. The highest BCUT2D eigenvalue weighted by molar-refractivity contribution is 5.84. The molecule has 2 rings (SSSR count). The van der Waals surface area contributed by atoms with E-state index in [4.69, 9.17) is 0 Å². The molecule has 0 aliphatic heterocycles. The summed E-state index contributed by atoms with van der Waals surface area (Å²) in [6, 6.07) is 17.2. The Labute approximate surface area is 166 Å². The number of benzene rings is 2. The van der Waals surface area contributed by atoms with Gasteiger partial charge in [-0.3, -0.25) is 5.32 Å². The van der Waals surface area contributed by atoms with Crippen molar-refractivity contribution in [3.63, 3.8) is 0 Å². The van der Waals surface area contributed by atoms with Crippen LogP contribution in [-0.2, 0) is 11.3 Å². The Bertz CT molecular complexity index is 735. The van der Waals surface area contributed by atoms with Crippen molar-refractivity contribution >= 4 is 23.5 Å². The fraction of sp³-hybridized carbons (Fsp3) is 0.333. The van der Waals surface area contributed by atoms with E-state index in [2.05, 4.69) is 44.8 Å². The monoisotopic (exact) mass is 384 g/mol. The second kappa shape index (κ2) is 11.5. The Balaban J connectivity index is 1.58. The van der Waals surface area contributed by atoms with Crippen LogP contribution in [-0.4, -0.2) is 39.4 Å². The minimum atomic E-state index is -0.514. The number of rotatable bonds is 9. The number of urea groups is 1. The number of carbonyl (C=O) groups is 2. The number of hydrogen-bond donors (Lipinski definition) is 3. The van der Waals surface area contributed by atoms with E-state index in [1.165, 1.54) is 12.8 Å². The standard InChI is InChI=1S/C21H28N4O3/c1-25(19-8-4-3-5-9-19)15-7-6-14-22-20(26)23-16-17-10-12-18(13-11-17)24-21(27)28-2/h3-5,8-13H,6-7,14-16H2,1-2H3,(H,24,27)(H2,22,23,26). The molecule has 0 aliphatic carbocycles. The fourth-order valence-electron chi connectivity index (χ4n) is 2.61. The molecule has 0 radical (unpaired) electrons. The van der Waals surface area contributed by atoms with Crippen LogP contribution in [0.15, 0.2) is 54.6 Å². The highest BCUT2D eigenvalue weighted by atomic mass is 16.5. The number of ether oxygens (including phenoxy) is 1. The SMILES string of the molecule is COC(=O)Nc1ccc(CNC(=O)NCCCCN(C)c2ccccc2)cc1. The Morgan fingerprint density at radius 3 is 2.36 bits per heavy atom. The zero-order valence-electron chi connectivity index (χ0n) is 16.4. The predicted molar refractivity (Wildman–Crippen MR) is 112 cm³/mol. The summed E-state index contributed by atoms with van der Waals surface area (Å²) in [6.45, 7) is 2.00. The first-order valence-corrected chi connectivity index (χ1v) is 9.30. The van der Waals surface area contributed by atoms with E-state index in [0.29, 0.717) is 18.8 Å². The Hall–Kier alpha value is -3.22. The molecule has 0 heterocycles. The van der Waals surface area contributed by atoms with Crippen LogP contribution in [0.25, 0.3) is 0 Å². The molecular formula is C21H28N4O3. The molecule has 3 N–H and O–H groups in total. The van der Waals surface area contributed by atoms with Gasteiger partial charge in [0.1, 0.15) is 0 Å². The van der Waals surface area contributed by atoms with Gasteiger partial charge in [0.05, 0.1) is 7.11 Å². The Morgan fingerprint density at radius 2 is 1.68 bits per heavy atom. The van der Waals surface area contributed by atoms with E-state index in [0.717, 1.165) is 24.9 Å². The summed E-state index contributed by atoms with van der Waals surface area (Å²) in [5.41, 5.74) is 2.77. The van der Waals surface area contributed by atoms with Gasteiger partial charge in [0.2, 0.25) is 0 Å². The molecular weight excluding hydrogens is 356 g/mol. The van der Waals surface area contributed by atoms with Gasteiger partial charge in [-0.15, -0.1) is 0 Å². The third-order valence-corrected chi connectivity index (χ3v) is 4.24. The average Bonchev–Trinajstić information content (AvgIpc) is 2.73. The zero-order valence-corrected chi connectivity index (χ0v) is 16.4. The minimum absolute atomic E-state index is 0.187. The lowest BCUT2D eigenvalue weighted by atomic mass is 10.2. The molecule has 7 nitrogen and oxygen atoms in total. The van der Waals surface area contributed by atoms with Crippen LogP contribution in [0.2, 0.25) is 0 Å². The van der Waals surface area contributed by atoms with Crippen LogP contribution in [0.4, 0.5) is 21.0 Å². The lowest BCUT2D eigenvalue weighted by Crippen LogP contribution is -2.35. The van der Waals surface area contributed by atoms with Crippen molar-refractivity contribution in [1.29, 1.82) is 0 Å². The lowest BCUT2D eigenvalue weighted by molar-refractivity contribution is 0.187. The van der Waals surface area contributed by atoms with Gasteiger partial charge in [-0.1, -0.05) is 30.3 Å². The summed E-state index contributed by atoms with van der Waals surface area (Å²) in [4.78, 5) is 25.2. The average molecular weight is 384 g/mol. The van der Waals surface area contributed by atoms with Gasteiger partial charge in [0, 0.05) is 38.1 Å². The first-order valence-electron chi connectivity index (χ1n) is 9.30. The molecule has 0 bridgehead atoms. The number of amides is 3. The van der Waals surface area contributed by atoms with Crippen LogP contribution in [0.1, 0.15) is 18.4 Å². The largest absolute Gasteiger partial charge is 0.453 e. The van der Waals surface area contributed by atoms with Gasteiger partial charge in [-0.2, -0.15) is 0 Å². The van der Waals surface area contributed by atoms with Crippen LogP contribution in [0.3, 0.4) is 0 Å². The highest BCUT2D eigenvalue weighted by Gasteiger charge is 2.03. The molecule has 0 saturated heterocycles. The van der Waals surface area contributed by atoms with Crippen molar-refractivity contribution in [2.45, 2.75) is 19.4 Å². The van der Waals surface area contributed by atoms with Crippen molar-refractivity contribution in [1.82, 2.24) is 10.6 Å². The van der Waals surface area contributed by atoms with E-state index < -0.39 is 6.09 Å². The summed E-state index contributed by atoms with van der Waals surface area (Å²) in [5, 5.41) is 8.27. The van der Waals surface area contributed by atoms with Gasteiger partial charge in [0.25, 0.3) is 0 Å².